The average molecular weight is 399 g/mol. The fraction of sp³-hybridized carbons (Fsp3) is 0.333. The Labute approximate surface area is 176 Å². The van der Waals surface area contributed by atoms with E-state index in [-0.39, 0.29) is 11.8 Å². The third-order valence-corrected chi connectivity index (χ3v) is 5.79. The Morgan fingerprint density at radius 1 is 1.00 bits per heavy atom. The van der Waals surface area contributed by atoms with Gasteiger partial charge in [0.15, 0.2) is 0 Å². The third-order valence-electron chi connectivity index (χ3n) is 5.79. The highest BCUT2D eigenvalue weighted by atomic mass is 16.2. The largest absolute Gasteiger partial charge is 0.342 e. The van der Waals surface area contributed by atoms with Crippen LogP contribution in [0.4, 0.5) is 11.5 Å². The molecule has 0 bridgehead atoms. The second kappa shape index (κ2) is 8.22. The van der Waals surface area contributed by atoms with Gasteiger partial charge < -0.3 is 10.2 Å². The molecule has 2 fully saturated rings. The van der Waals surface area contributed by atoms with E-state index in [4.69, 9.17) is 9.97 Å². The van der Waals surface area contributed by atoms with Crippen LogP contribution in [-0.2, 0) is 4.79 Å². The van der Waals surface area contributed by atoms with Gasteiger partial charge >= 0.3 is 0 Å². The monoisotopic (exact) mass is 399 g/mol. The Bertz CT molecular complexity index is 1020. The zero-order valence-electron chi connectivity index (χ0n) is 16.9. The Kier molecular flexibility index (Phi) is 5.13. The van der Waals surface area contributed by atoms with Gasteiger partial charge in [0.25, 0.3) is 0 Å². The first-order valence-electron chi connectivity index (χ1n) is 10.7. The van der Waals surface area contributed by atoms with Crippen LogP contribution >= 0.6 is 0 Å². The van der Waals surface area contributed by atoms with Crippen LogP contribution in [0.25, 0.3) is 11.3 Å². The lowest BCUT2D eigenvalue weighted by atomic mass is 9.96. The topological polar surface area (TPSA) is 71.0 Å². The normalized spacial score (nSPS) is 18.8. The van der Waals surface area contributed by atoms with Gasteiger partial charge in [0, 0.05) is 54.6 Å². The number of nitrogens with zero attached hydrogens (tertiary/aromatic N) is 4. The molecule has 1 amide bonds. The van der Waals surface area contributed by atoms with Crippen LogP contribution in [0.5, 0.6) is 0 Å². The molecule has 30 heavy (non-hydrogen) atoms. The summed E-state index contributed by atoms with van der Waals surface area (Å²) in [7, 11) is 0. The summed E-state index contributed by atoms with van der Waals surface area (Å²) in [4.78, 5) is 28.5. The number of carbonyl (C=O) groups excluding carboxylic acids is 1. The molecule has 3 aromatic rings. The molecule has 1 aliphatic carbocycles. The van der Waals surface area contributed by atoms with Crippen LogP contribution in [-0.4, -0.2) is 38.8 Å². The van der Waals surface area contributed by atoms with Crippen molar-refractivity contribution in [1.29, 1.82) is 0 Å². The molecule has 2 aliphatic rings. The number of nitrogens with one attached hydrogen (secondary N) is 1. The molecule has 1 saturated carbocycles. The minimum absolute atomic E-state index is 0.152. The molecule has 0 radical (unpaired) electrons. The van der Waals surface area contributed by atoms with Gasteiger partial charge in [-0.15, -0.1) is 0 Å². The molecule has 1 aromatic carbocycles. The van der Waals surface area contributed by atoms with Crippen molar-refractivity contribution in [2.45, 2.75) is 31.6 Å². The Balaban J connectivity index is 1.47. The van der Waals surface area contributed by atoms with Crippen molar-refractivity contribution >= 4 is 17.4 Å². The number of carbonyl (C=O) groups is 1. The minimum atomic E-state index is 0.152. The van der Waals surface area contributed by atoms with Gasteiger partial charge in [0.1, 0.15) is 11.6 Å². The molecule has 2 aromatic heterocycles. The van der Waals surface area contributed by atoms with Crippen molar-refractivity contribution in [3.05, 3.63) is 66.7 Å². The summed E-state index contributed by atoms with van der Waals surface area (Å²) in [5, 5.41) is 3.41. The first kappa shape index (κ1) is 18.7. The highest BCUT2D eigenvalue weighted by Crippen LogP contribution is 2.34. The van der Waals surface area contributed by atoms with Crippen molar-refractivity contribution < 1.29 is 4.79 Å². The highest BCUT2D eigenvalue weighted by Gasteiger charge is 2.36. The summed E-state index contributed by atoms with van der Waals surface area (Å²) < 4.78 is 0. The zero-order chi connectivity index (χ0) is 20.3. The molecule has 1 aliphatic heterocycles. The van der Waals surface area contributed by atoms with E-state index in [1.807, 2.05) is 53.4 Å². The molecule has 5 rings (SSSR count). The zero-order valence-corrected chi connectivity index (χ0v) is 16.9. The Hall–Kier alpha value is -3.28. The summed E-state index contributed by atoms with van der Waals surface area (Å²) in [5.41, 5.74) is 2.86. The van der Waals surface area contributed by atoms with Crippen molar-refractivity contribution in [3.63, 3.8) is 0 Å². The van der Waals surface area contributed by atoms with Gasteiger partial charge in [-0.05, 0) is 49.9 Å². The molecule has 1 N–H and O–H groups in total. The van der Waals surface area contributed by atoms with Crippen LogP contribution in [0.1, 0.15) is 37.4 Å². The molecule has 152 valence electrons. The second-order valence-electron chi connectivity index (χ2n) is 8.12. The molecule has 0 unspecified atom stereocenters. The number of rotatable bonds is 5. The summed E-state index contributed by atoms with van der Waals surface area (Å²) in [6, 6.07) is 15.9. The maximum absolute atomic E-state index is 12.6. The lowest BCUT2D eigenvalue weighted by molar-refractivity contribution is -0.133. The number of amides is 1. The van der Waals surface area contributed by atoms with Gasteiger partial charge in [-0.25, -0.2) is 9.97 Å². The van der Waals surface area contributed by atoms with E-state index in [0.29, 0.717) is 12.5 Å². The number of aromatic nitrogens is 3. The first-order valence-corrected chi connectivity index (χ1v) is 10.7. The minimum Gasteiger partial charge on any atom is -0.342 e. The number of pyridine rings is 1. The fourth-order valence-electron chi connectivity index (χ4n) is 4.03. The van der Waals surface area contributed by atoms with Gasteiger partial charge in [0.2, 0.25) is 5.91 Å². The number of para-hydroxylation sites is 1. The van der Waals surface area contributed by atoms with E-state index >= 15 is 0 Å². The highest BCUT2D eigenvalue weighted by molar-refractivity contribution is 5.81. The van der Waals surface area contributed by atoms with Gasteiger partial charge in [-0.2, -0.15) is 0 Å². The summed E-state index contributed by atoms with van der Waals surface area (Å²) >= 11 is 0. The van der Waals surface area contributed by atoms with E-state index in [2.05, 4.69) is 10.3 Å². The molecule has 3 heterocycles. The fourth-order valence-corrected chi connectivity index (χ4v) is 4.03. The standard InChI is InChI=1S/C24H25N5O/c30-24(18-8-9-18)29-14-4-5-19(16-29)23-27-21(17-10-12-25-13-11-17)15-22(28-23)26-20-6-2-1-3-7-20/h1-3,6-7,10-13,15,18-19H,4-5,8-9,14,16H2,(H,26,27,28)/t19-/m0/s1. The van der Waals surface area contributed by atoms with Crippen molar-refractivity contribution in [2.24, 2.45) is 5.92 Å². The maximum atomic E-state index is 12.6. The number of anilines is 2. The molecule has 1 saturated heterocycles. The Morgan fingerprint density at radius 3 is 2.57 bits per heavy atom. The Morgan fingerprint density at radius 2 is 1.80 bits per heavy atom. The molecular weight excluding hydrogens is 374 g/mol. The van der Waals surface area contributed by atoms with E-state index in [1.54, 1.807) is 12.4 Å². The van der Waals surface area contributed by atoms with E-state index in [1.165, 1.54) is 0 Å². The van der Waals surface area contributed by atoms with Crippen LogP contribution < -0.4 is 5.32 Å². The SMILES string of the molecule is O=C(C1CC1)N1CCC[C@H](c2nc(Nc3ccccc3)cc(-c3ccncc3)n2)C1. The molecule has 6 heteroatoms. The lowest BCUT2D eigenvalue weighted by Gasteiger charge is -2.32. The predicted octanol–water partition coefficient (Wildman–Crippen LogP) is 4.40. The van der Waals surface area contributed by atoms with E-state index < -0.39 is 0 Å². The average Bonchev–Trinajstić information content (AvgIpc) is 3.65. The second-order valence-corrected chi connectivity index (χ2v) is 8.12. The van der Waals surface area contributed by atoms with Gasteiger partial charge in [-0.1, -0.05) is 18.2 Å². The maximum Gasteiger partial charge on any atom is 0.225 e. The predicted molar refractivity (Wildman–Crippen MR) is 116 cm³/mol. The van der Waals surface area contributed by atoms with Crippen molar-refractivity contribution in [2.75, 3.05) is 18.4 Å². The first-order chi connectivity index (χ1) is 14.8. The van der Waals surface area contributed by atoms with Gasteiger partial charge in [0.05, 0.1) is 5.69 Å². The van der Waals surface area contributed by atoms with E-state index in [0.717, 1.165) is 60.8 Å². The van der Waals surface area contributed by atoms with Crippen LogP contribution in [0, 0.1) is 5.92 Å². The summed E-state index contributed by atoms with van der Waals surface area (Å²) in [5.74, 6) is 2.29. The molecule has 1 atom stereocenters. The summed E-state index contributed by atoms with van der Waals surface area (Å²) in [6.45, 7) is 1.56. The summed E-state index contributed by atoms with van der Waals surface area (Å²) in [6.07, 6.45) is 7.63. The van der Waals surface area contributed by atoms with Crippen molar-refractivity contribution in [3.8, 4) is 11.3 Å². The lowest BCUT2D eigenvalue weighted by Crippen LogP contribution is -2.40. The number of likely N-dealkylation sites (tertiary alicyclic amines) is 1. The number of piperidine rings is 1. The molecule has 0 spiro atoms. The van der Waals surface area contributed by atoms with Crippen molar-refractivity contribution in [1.82, 2.24) is 19.9 Å². The van der Waals surface area contributed by atoms with Crippen LogP contribution in [0.2, 0.25) is 0 Å². The molecular formula is C24H25N5O. The quantitative estimate of drug-likeness (QED) is 0.689. The van der Waals surface area contributed by atoms with Crippen LogP contribution in [0.15, 0.2) is 60.9 Å². The van der Waals surface area contributed by atoms with E-state index in [9.17, 15) is 4.79 Å². The number of hydrogen-bond donors (Lipinski definition) is 1. The third kappa shape index (κ3) is 4.17. The van der Waals surface area contributed by atoms with Crippen LogP contribution in [0.3, 0.4) is 0 Å². The number of hydrogen-bond acceptors (Lipinski definition) is 5. The molecule has 6 nitrogen and oxygen atoms in total. The van der Waals surface area contributed by atoms with Gasteiger partial charge in [-0.3, -0.25) is 9.78 Å². The number of benzene rings is 1. The smallest absolute Gasteiger partial charge is 0.225 e.